The Balaban J connectivity index is 3.08. The maximum Gasteiger partial charge on any atom is 0.267 e. The fourth-order valence-corrected chi connectivity index (χ4v) is 1.30. The Morgan fingerprint density at radius 2 is 2.29 bits per heavy atom. The van der Waals surface area contributed by atoms with Gasteiger partial charge < -0.3 is 5.32 Å². The first kappa shape index (κ1) is 10.8. The second-order valence-corrected chi connectivity index (χ2v) is 3.13. The molecule has 5 heteroatoms. The minimum Gasteiger partial charge on any atom is -0.385 e. The van der Waals surface area contributed by atoms with Crippen molar-refractivity contribution in [2.75, 3.05) is 11.9 Å². The number of hydrogen-bond donors (Lipinski definition) is 3. The summed E-state index contributed by atoms with van der Waals surface area (Å²) in [6.07, 6.45) is 0. The van der Waals surface area contributed by atoms with Crippen molar-refractivity contribution in [2.24, 2.45) is 5.84 Å². The topological polar surface area (TPSA) is 67.2 Å². The van der Waals surface area contributed by atoms with Crippen LogP contribution in [0.25, 0.3) is 0 Å². The lowest BCUT2D eigenvalue weighted by Crippen LogP contribution is -2.30. The highest BCUT2D eigenvalue weighted by Gasteiger charge is 2.09. The van der Waals surface area contributed by atoms with Gasteiger partial charge in [-0.1, -0.05) is 11.6 Å². The second-order valence-electron chi connectivity index (χ2n) is 2.69. The number of halogens is 1. The monoisotopic (exact) mass is 213 g/mol. The number of hydrazine groups is 1. The van der Waals surface area contributed by atoms with Crippen molar-refractivity contribution in [1.29, 1.82) is 0 Å². The molecule has 0 aromatic heterocycles. The number of nitrogens with two attached hydrogens (primary N) is 1. The van der Waals surface area contributed by atoms with Gasteiger partial charge in [0.1, 0.15) is 0 Å². The van der Waals surface area contributed by atoms with Crippen molar-refractivity contribution < 1.29 is 4.79 Å². The summed E-state index contributed by atoms with van der Waals surface area (Å²) in [5.74, 6) is 4.69. The predicted octanol–water partition coefficient (Wildman–Crippen LogP) is 1.38. The van der Waals surface area contributed by atoms with Crippen LogP contribution in [-0.2, 0) is 0 Å². The first-order valence-electron chi connectivity index (χ1n) is 4.23. The van der Waals surface area contributed by atoms with Crippen LogP contribution in [0.3, 0.4) is 0 Å². The number of nitrogen functional groups attached to an aromatic ring is 1. The van der Waals surface area contributed by atoms with Crippen molar-refractivity contribution in [2.45, 2.75) is 6.92 Å². The van der Waals surface area contributed by atoms with Gasteiger partial charge in [-0.3, -0.25) is 10.2 Å². The van der Waals surface area contributed by atoms with E-state index in [-0.39, 0.29) is 5.91 Å². The van der Waals surface area contributed by atoms with E-state index < -0.39 is 0 Å². The Kier molecular flexibility index (Phi) is 3.73. The van der Waals surface area contributed by atoms with Crippen LogP contribution in [0, 0.1) is 0 Å². The van der Waals surface area contributed by atoms with Crippen molar-refractivity contribution in [1.82, 2.24) is 5.43 Å². The summed E-state index contributed by atoms with van der Waals surface area (Å²) in [6.45, 7) is 2.67. The van der Waals surface area contributed by atoms with Gasteiger partial charge in [0.15, 0.2) is 0 Å². The van der Waals surface area contributed by atoms with Gasteiger partial charge in [0.2, 0.25) is 0 Å². The summed E-state index contributed by atoms with van der Waals surface area (Å²) in [5, 5.41) is 3.55. The zero-order chi connectivity index (χ0) is 10.6. The molecule has 0 heterocycles. The minimum atomic E-state index is -0.358. The van der Waals surface area contributed by atoms with E-state index in [0.29, 0.717) is 10.6 Å². The average Bonchev–Trinajstić information content (AvgIpc) is 2.20. The molecule has 0 aliphatic rings. The maximum atomic E-state index is 11.3. The van der Waals surface area contributed by atoms with E-state index in [4.69, 9.17) is 17.4 Å². The number of nitrogens with one attached hydrogen (secondary N) is 2. The number of benzene rings is 1. The van der Waals surface area contributed by atoms with Gasteiger partial charge in [0.25, 0.3) is 5.91 Å². The Hall–Kier alpha value is -1.26. The highest BCUT2D eigenvalue weighted by Crippen LogP contribution is 2.20. The molecule has 0 spiro atoms. The predicted molar refractivity (Wildman–Crippen MR) is 57.3 cm³/mol. The van der Waals surface area contributed by atoms with Crippen molar-refractivity contribution in [3.05, 3.63) is 28.8 Å². The molecule has 0 aliphatic carbocycles. The minimum absolute atomic E-state index is 0.358. The zero-order valence-electron chi connectivity index (χ0n) is 7.80. The van der Waals surface area contributed by atoms with Crippen LogP contribution in [0.4, 0.5) is 5.69 Å². The van der Waals surface area contributed by atoms with E-state index in [9.17, 15) is 4.79 Å². The number of anilines is 1. The Morgan fingerprint density at radius 3 is 2.86 bits per heavy atom. The molecule has 0 saturated heterocycles. The van der Waals surface area contributed by atoms with Crippen LogP contribution in [-0.4, -0.2) is 12.5 Å². The molecular formula is C9H12ClN3O. The highest BCUT2D eigenvalue weighted by molar-refractivity contribution is 6.31. The van der Waals surface area contributed by atoms with Crippen molar-refractivity contribution in [3.63, 3.8) is 0 Å². The number of hydrogen-bond acceptors (Lipinski definition) is 3. The molecule has 1 aromatic carbocycles. The standard InChI is InChI=1S/C9H12ClN3O/c1-2-12-8-4-3-6(10)5-7(8)9(14)13-11/h3-5,12H,2,11H2,1H3,(H,13,14). The summed E-state index contributed by atoms with van der Waals surface area (Å²) in [4.78, 5) is 11.3. The fourth-order valence-electron chi connectivity index (χ4n) is 1.13. The smallest absolute Gasteiger partial charge is 0.267 e. The third-order valence-electron chi connectivity index (χ3n) is 1.72. The first-order chi connectivity index (χ1) is 6.69. The molecular weight excluding hydrogens is 202 g/mol. The molecule has 76 valence electrons. The zero-order valence-corrected chi connectivity index (χ0v) is 8.56. The Labute approximate surface area is 87.4 Å². The summed E-state index contributed by atoms with van der Waals surface area (Å²) < 4.78 is 0. The van der Waals surface area contributed by atoms with E-state index in [0.717, 1.165) is 12.2 Å². The number of carbonyl (C=O) groups is 1. The van der Waals surface area contributed by atoms with E-state index in [2.05, 4.69) is 10.7 Å². The third kappa shape index (κ3) is 2.37. The number of amides is 1. The molecule has 0 aliphatic heterocycles. The van der Waals surface area contributed by atoms with Gasteiger partial charge in [0, 0.05) is 17.3 Å². The van der Waals surface area contributed by atoms with Crippen LogP contribution in [0.1, 0.15) is 17.3 Å². The normalized spacial score (nSPS) is 9.64. The van der Waals surface area contributed by atoms with Gasteiger partial charge in [-0.15, -0.1) is 0 Å². The molecule has 1 aromatic rings. The maximum absolute atomic E-state index is 11.3. The molecule has 4 N–H and O–H groups in total. The molecule has 1 rings (SSSR count). The molecule has 1 amide bonds. The second kappa shape index (κ2) is 4.83. The molecule has 0 atom stereocenters. The average molecular weight is 214 g/mol. The van der Waals surface area contributed by atoms with Crippen molar-refractivity contribution >= 4 is 23.2 Å². The van der Waals surface area contributed by atoms with Gasteiger partial charge in [-0.25, -0.2) is 5.84 Å². The van der Waals surface area contributed by atoms with Gasteiger partial charge in [0.05, 0.1) is 5.56 Å². The van der Waals surface area contributed by atoms with Crippen LogP contribution >= 0.6 is 11.6 Å². The van der Waals surface area contributed by atoms with Crippen LogP contribution in [0.5, 0.6) is 0 Å². The highest BCUT2D eigenvalue weighted by atomic mass is 35.5. The molecule has 0 fully saturated rings. The van der Waals surface area contributed by atoms with Gasteiger partial charge >= 0.3 is 0 Å². The molecule has 4 nitrogen and oxygen atoms in total. The van der Waals surface area contributed by atoms with E-state index in [1.807, 2.05) is 6.92 Å². The first-order valence-corrected chi connectivity index (χ1v) is 4.61. The van der Waals surface area contributed by atoms with Crippen LogP contribution < -0.4 is 16.6 Å². The summed E-state index contributed by atoms with van der Waals surface area (Å²) >= 11 is 5.77. The quantitative estimate of drug-likeness (QED) is 0.404. The fraction of sp³-hybridized carbons (Fsp3) is 0.222. The van der Waals surface area contributed by atoms with Crippen molar-refractivity contribution in [3.8, 4) is 0 Å². The number of carbonyl (C=O) groups excluding carboxylic acids is 1. The lowest BCUT2D eigenvalue weighted by atomic mass is 10.1. The molecule has 0 unspecified atom stereocenters. The van der Waals surface area contributed by atoms with E-state index >= 15 is 0 Å². The molecule has 14 heavy (non-hydrogen) atoms. The largest absolute Gasteiger partial charge is 0.385 e. The summed E-state index contributed by atoms with van der Waals surface area (Å²) in [7, 11) is 0. The molecule has 0 radical (unpaired) electrons. The van der Waals surface area contributed by atoms with Crippen LogP contribution in [0.15, 0.2) is 18.2 Å². The molecule has 0 saturated carbocycles. The van der Waals surface area contributed by atoms with Crippen LogP contribution in [0.2, 0.25) is 5.02 Å². The summed E-state index contributed by atoms with van der Waals surface area (Å²) in [6, 6.07) is 5.03. The van der Waals surface area contributed by atoms with E-state index in [1.54, 1.807) is 18.2 Å². The summed E-state index contributed by atoms with van der Waals surface area (Å²) in [5.41, 5.74) is 3.24. The molecule has 0 bridgehead atoms. The van der Waals surface area contributed by atoms with Gasteiger partial charge in [-0.05, 0) is 25.1 Å². The Bertz CT molecular complexity index is 341. The Morgan fingerprint density at radius 1 is 1.57 bits per heavy atom. The lowest BCUT2D eigenvalue weighted by Gasteiger charge is -2.09. The van der Waals surface area contributed by atoms with E-state index in [1.165, 1.54) is 0 Å². The number of rotatable bonds is 3. The SMILES string of the molecule is CCNc1ccc(Cl)cc1C(=O)NN. The lowest BCUT2D eigenvalue weighted by molar-refractivity contribution is 0.0954. The third-order valence-corrected chi connectivity index (χ3v) is 1.96. The van der Waals surface area contributed by atoms with Gasteiger partial charge in [-0.2, -0.15) is 0 Å².